The van der Waals surface area contributed by atoms with Gasteiger partial charge in [0.1, 0.15) is 5.60 Å². The molecule has 0 aliphatic rings. The van der Waals surface area contributed by atoms with Gasteiger partial charge in [-0.2, -0.15) is 5.26 Å². The van der Waals surface area contributed by atoms with Crippen LogP contribution in [0.1, 0.15) is 38.3 Å². The summed E-state index contributed by atoms with van der Waals surface area (Å²) in [6.45, 7) is 7.39. The van der Waals surface area contributed by atoms with Gasteiger partial charge in [0.15, 0.2) is 0 Å². The molecule has 0 radical (unpaired) electrons. The van der Waals surface area contributed by atoms with Gasteiger partial charge in [0.05, 0.1) is 6.07 Å². The first-order valence-electron chi connectivity index (χ1n) is 6.28. The van der Waals surface area contributed by atoms with E-state index in [1.807, 2.05) is 45.9 Å². The number of hydrogen-bond donors (Lipinski definition) is 1. The number of carbonyl (C=O) groups excluding carboxylic acids is 1. The van der Waals surface area contributed by atoms with Crippen molar-refractivity contribution in [1.82, 2.24) is 0 Å². The molecule has 0 aliphatic heterocycles. The summed E-state index contributed by atoms with van der Waals surface area (Å²) in [6, 6.07) is 7.85. The number of hydrogen-bond acceptors (Lipinski definition) is 3. The second-order valence-corrected chi connectivity index (χ2v) is 5.43. The second kappa shape index (κ2) is 6.24. The molecule has 1 amide bonds. The van der Waals surface area contributed by atoms with Gasteiger partial charge in [-0.1, -0.05) is 12.1 Å². The number of aryl methyl sites for hydroxylation is 2. The Morgan fingerprint density at radius 3 is 2.63 bits per heavy atom. The molecule has 0 spiro atoms. The largest absolute Gasteiger partial charge is 0.444 e. The quantitative estimate of drug-likeness (QED) is 0.899. The highest BCUT2D eigenvalue weighted by atomic mass is 16.6. The van der Waals surface area contributed by atoms with Crippen LogP contribution in [0.15, 0.2) is 18.2 Å². The lowest BCUT2D eigenvalue weighted by molar-refractivity contribution is 0.0636. The first-order chi connectivity index (χ1) is 8.81. The van der Waals surface area contributed by atoms with Gasteiger partial charge in [-0.3, -0.25) is 5.32 Å². The molecular weight excluding hydrogens is 240 g/mol. The molecule has 4 nitrogen and oxygen atoms in total. The fourth-order valence-electron chi connectivity index (χ4n) is 1.64. The summed E-state index contributed by atoms with van der Waals surface area (Å²) in [5, 5.41) is 11.3. The molecule has 0 aromatic heterocycles. The lowest BCUT2D eigenvalue weighted by Gasteiger charge is -2.20. The van der Waals surface area contributed by atoms with Crippen LogP contribution in [-0.4, -0.2) is 11.7 Å². The van der Waals surface area contributed by atoms with Gasteiger partial charge in [0.2, 0.25) is 0 Å². The van der Waals surface area contributed by atoms with E-state index in [-0.39, 0.29) is 0 Å². The number of nitrogens with zero attached hydrogens (tertiary/aromatic N) is 1. The Morgan fingerprint density at radius 2 is 2.11 bits per heavy atom. The van der Waals surface area contributed by atoms with Crippen LogP contribution in [0, 0.1) is 18.3 Å². The summed E-state index contributed by atoms with van der Waals surface area (Å²) in [5.41, 5.74) is 2.27. The molecular formula is C15H20N2O2. The van der Waals surface area contributed by atoms with Gasteiger partial charge in [0.25, 0.3) is 0 Å². The minimum atomic E-state index is -0.509. The average molecular weight is 260 g/mol. The summed E-state index contributed by atoms with van der Waals surface area (Å²) in [4.78, 5) is 11.7. The molecule has 0 aliphatic carbocycles. The fraction of sp³-hybridized carbons (Fsp3) is 0.467. The van der Waals surface area contributed by atoms with E-state index in [1.165, 1.54) is 0 Å². The van der Waals surface area contributed by atoms with Crippen LogP contribution in [-0.2, 0) is 11.2 Å². The number of rotatable bonds is 3. The highest BCUT2D eigenvalue weighted by molar-refractivity contribution is 5.85. The smallest absolute Gasteiger partial charge is 0.412 e. The Bertz CT molecular complexity index is 496. The number of benzene rings is 1. The Hall–Kier alpha value is -2.02. The van der Waals surface area contributed by atoms with Gasteiger partial charge in [0, 0.05) is 12.1 Å². The number of carbonyl (C=O) groups is 1. The number of ether oxygens (including phenoxy) is 1. The van der Waals surface area contributed by atoms with E-state index in [0.29, 0.717) is 6.42 Å². The number of anilines is 1. The van der Waals surface area contributed by atoms with Crippen molar-refractivity contribution in [2.24, 2.45) is 0 Å². The topological polar surface area (TPSA) is 62.1 Å². The van der Waals surface area contributed by atoms with Gasteiger partial charge >= 0.3 is 6.09 Å². The van der Waals surface area contributed by atoms with Crippen molar-refractivity contribution in [2.75, 3.05) is 5.32 Å². The van der Waals surface area contributed by atoms with Gasteiger partial charge < -0.3 is 4.74 Å². The molecule has 0 fully saturated rings. The molecule has 0 unspecified atom stereocenters. The maximum absolute atomic E-state index is 11.7. The minimum absolute atomic E-state index is 0.458. The predicted molar refractivity (Wildman–Crippen MR) is 75.0 cm³/mol. The van der Waals surface area contributed by atoms with Gasteiger partial charge in [-0.25, -0.2) is 4.79 Å². The summed E-state index contributed by atoms with van der Waals surface area (Å²) < 4.78 is 5.20. The summed E-state index contributed by atoms with van der Waals surface area (Å²) in [7, 11) is 0. The van der Waals surface area contributed by atoms with E-state index in [2.05, 4.69) is 11.4 Å². The summed E-state index contributed by atoms with van der Waals surface area (Å²) in [6.07, 6.45) is 0.767. The molecule has 0 atom stereocenters. The fourth-order valence-corrected chi connectivity index (χ4v) is 1.64. The third kappa shape index (κ3) is 5.43. The molecule has 0 saturated heterocycles. The van der Waals surface area contributed by atoms with Crippen LogP contribution >= 0.6 is 0 Å². The van der Waals surface area contributed by atoms with Crippen LogP contribution in [0.25, 0.3) is 0 Å². The first kappa shape index (κ1) is 15.0. The molecule has 102 valence electrons. The zero-order valence-corrected chi connectivity index (χ0v) is 11.9. The number of nitriles is 1. The van der Waals surface area contributed by atoms with Crippen molar-refractivity contribution in [1.29, 1.82) is 5.26 Å². The zero-order valence-electron chi connectivity index (χ0n) is 11.9. The summed E-state index contributed by atoms with van der Waals surface area (Å²) >= 11 is 0. The van der Waals surface area contributed by atoms with Crippen LogP contribution in [0.5, 0.6) is 0 Å². The highest BCUT2D eigenvalue weighted by Gasteiger charge is 2.16. The third-order valence-electron chi connectivity index (χ3n) is 2.45. The average Bonchev–Trinajstić information content (AvgIpc) is 2.27. The molecule has 0 heterocycles. The molecule has 0 saturated carbocycles. The molecule has 19 heavy (non-hydrogen) atoms. The van der Waals surface area contributed by atoms with E-state index >= 15 is 0 Å². The molecule has 1 aromatic rings. The van der Waals surface area contributed by atoms with Crippen LogP contribution in [0.4, 0.5) is 10.5 Å². The Kier molecular flexibility index (Phi) is 4.94. The Balaban J connectivity index is 2.70. The molecule has 4 heteroatoms. The van der Waals surface area contributed by atoms with E-state index in [1.54, 1.807) is 0 Å². The van der Waals surface area contributed by atoms with E-state index < -0.39 is 11.7 Å². The minimum Gasteiger partial charge on any atom is -0.444 e. The second-order valence-electron chi connectivity index (χ2n) is 5.43. The molecule has 0 bridgehead atoms. The van der Waals surface area contributed by atoms with E-state index in [0.717, 1.165) is 23.2 Å². The number of amides is 1. The van der Waals surface area contributed by atoms with Crippen molar-refractivity contribution in [3.05, 3.63) is 29.3 Å². The summed E-state index contributed by atoms with van der Waals surface area (Å²) in [5.74, 6) is 0. The maximum Gasteiger partial charge on any atom is 0.412 e. The van der Waals surface area contributed by atoms with Crippen LogP contribution in [0.2, 0.25) is 0 Å². The number of nitrogens with one attached hydrogen (secondary N) is 1. The zero-order chi connectivity index (χ0) is 14.5. The van der Waals surface area contributed by atoms with Crippen molar-refractivity contribution in [3.8, 4) is 6.07 Å². The van der Waals surface area contributed by atoms with Gasteiger partial charge in [-0.05, 0) is 51.3 Å². The highest BCUT2D eigenvalue weighted by Crippen LogP contribution is 2.18. The SMILES string of the molecule is Cc1cc(CCC#N)ccc1NC(=O)OC(C)(C)C. The van der Waals surface area contributed by atoms with Crippen LogP contribution < -0.4 is 5.32 Å². The monoisotopic (exact) mass is 260 g/mol. The maximum atomic E-state index is 11.7. The van der Waals surface area contributed by atoms with E-state index in [9.17, 15) is 4.79 Å². The van der Waals surface area contributed by atoms with Crippen molar-refractivity contribution in [3.63, 3.8) is 0 Å². The first-order valence-corrected chi connectivity index (χ1v) is 6.28. The third-order valence-corrected chi connectivity index (χ3v) is 2.45. The van der Waals surface area contributed by atoms with Crippen molar-refractivity contribution >= 4 is 11.8 Å². The Labute approximate surface area is 114 Å². The molecule has 1 rings (SSSR count). The van der Waals surface area contributed by atoms with Gasteiger partial charge in [-0.15, -0.1) is 0 Å². The predicted octanol–water partition coefficient (Wildman–Crippen LogP) is 3.80. The van der Waals surface area contributed by atoms with E-state index in [4.69, 9.17) is 10.00 Å². The lowest BCUT2D eigenvalue weighted by atomic mass is 10.1. The Morgan fingerprint density at radius 1 is 1.42 bits per heavy atom. The molecule has 1 aromatic carbocycles. The standard InChI is InChI=1S/C15H20N2O2/c1-11-10-12(6-5-9-16)7-8-13(11)17-14(18)19-15(2,3)4/h7-8,10H,5-6H2,1-4H3,(H,17,18). The van der Waals surface area contributed by atoms with Crippen molar-refractivity contribution < 1.29 is 9.53 Å². The molecule has 1 N–H and O–H groups in total. The lowest BCUT2D eigenvalue weighted by Crippen LogP contribution is -2.27. The van der Waals surface area contributed by atoms with Crippen LogP contribution in [0.3, 0.4) is 0 Å². The van der Waals surface area contributed by atoms with Crippen molar-refractivity contribution in [2.45, 2.75) is 46.1 Å². The normalized spacial score (nSPS) is 10.7.